The molecule has 0 radical (unpaired) electrons. The van der Waals surface area contributed by atoms with Crippen molar-refractivity contribution in [3.8, 4) is 0 Å². The third kappa shape index (κ3) is 5.19. The van der Waals surface area contributed by atoms with Crippen LogP contribution >= 0.6 is 0 Å². The SMILES string of the molecule is CCOC(=O)c1cnc(CCOCCOC)[nH]c1=O. The minimum atomic E-state index is -0.667. The van der Waals surface area contributed by atoms with Crippen LogP contribution < -0.4 is 5.56 Å². The van der Waals surface area contributed by atoms with E-state index in [9.17, 15) is 9.59 Å². The Bertz CT molecular complexity index is 458. The van der Waals surface area contributed by atoms with Crippen LogP contribution in [0.5, 0.6) is 0 Å². The summed E-state index contributed by atoms with van der Waals surface area (Å²) >= 11 is 0. The fraction of sp³-hybridized carbons (Fsp3) is 0.583. The van der Waals surface area contributed by atoms with Gasteiger partial charge in [-0.1, -0.05) is 0 Å². The van der Waals surface area contributed by atoms with Gasteiger partial charge >= 0.3 is 5.97 Å². The molecule has 0 spiro atoms. The molecule has 1 rings (SSSR count). The Kier molecular flexibility index (Phi) is 6.76. The van der Waals surface area contributed by atoms with E-state index in [0.29, 0.717) is 32.1 Å². The van der Waals surface area contributed by atoms with Crippen molar-refractivity contribution in [2.45, 2.75) is 13.3 Å². The van der Waals surface area contributed by atoms with Crippen LogP contribution in [0.25, 0.3) is 0 Å². The lowest BCUT2D eigenvalue weighted by molar-refractivity contribution is 0.0523. The van der Waals surface area contributed by atoms with Gasteiger partial charge in [0.2, 0.25) is 0 Å². The van der Waals surface area contributed by atoms with Crippen molar-refractivity contribution < 1.29 is 19.0 Å². The van der Waals surface area contributed by atoms with Crippen LogP contribution in [0.15, 0.2) is 11.0 Å². The summed E-state index contributed by atoms with van der Waals surface area (Å²) in [6, 6.07) is 0. The van der Waals surface area contributed by atoms with Gasteiger partial charge in [-0.3, -0.25) is 4.79 Å². The first-order valence-electron chi connectivity index (χ1n) is 6.01. The average molecular weight is 270 g/mol. The Labute approximate surface area is 110 Å². The lowest BCUT2D eigenvalue weighted by atomic mass is 10.3. The van der Waals surface area contributed by atoms with E-state index in [-0.39, 0.29) is 12.2 Å². The molecule has 0 saturated carbocycles. The number of carbonyl (C=O) groups excluding carboxylic acids is 1. The predicted octanol–water partition coefficient (Wildman–Crippen LogP) is 0.152. The minimum Gasteiger partial charge on any atom is -0.462 e. The first-order chi connectivity index (χ1) is 9.19. The normalized spacial score (nSPS) is 10.4. The first kappa shape index (κ1) is 15.3. The molecule has 106 valence electrons. The van der Waals surface area contributed by atoms with Crippen molar-refractivity contribution >= 4 is 5.97 Å². The van der Waals surface area contributed by atoms with E-state index in [1.165, 1.54) is 6.20 Å². The van der Waals surface area contributed by atoms with Crippen molar-refractivity contribution in [1.82, 2.24) is 9.97 Å². The van der Waals surface area contributed by atoms with Crippen LogP contribution in [0.4, 0.5) is 0 Å². The number of aromatic amines is 1. The number of H-pyrrole nitrogens is 1. The molecule has 0 saturated heterocycles. The lowest BCUT2D eigenvalue weighted by Crippen LogP contribution is -2.22. The summed E-state index contributed by atoms with van der Waals surface area (Å²) in [6.45, 7) is 3.32. The number of rotatable bonds is 8. The van der Waals surface area contributed by atoms with Gasteiger partial charge in [-0.05, 0) is 6.92 Å². The number of hydrogen-bond acceptors (Lipinski definition) is 6. The van der Waals surface area contributed by atoms with Crippen molar-refractivity contribution in [1.29, 1.82) is 0 Å². The van der Waals surface area contributed by atoms with E-state index >= 15 is 0 Å². The maximum Gasteiger partial charge on any atom is 0.345 e. The zero-order chi connectivity index (χ0) is 14.1. The average Bonchev–Trinajstić information content (AvgIpc) is 2.39. The molecule has 0 aliphatic heterocycles. The molecule has 1 heterocycles. The van der Waals surface area contributed by atoms with Gasteiger partial charge in [-0.25, -0.2) is 9.78 Å². The van der Waals surface area contributed by atoms with E-state index in [0.717, 1.165) is 0 Å². The molecule has 7 heteroatoms. The highest BCUT2D eigenvalue weighted by molar-refractivity contribution is 5.88. The van der Waals surface area contributed by atoms with Crippen LogP contribution in [0.3, 0.4) is 0 Å². The maximum atomic E-state index is 11.6. The largest absolute Gasteiger partial charge is 0.462 e. The highest BCUT2D eigenvalue weighted by Gasteiger charge is 2.12. The zero-order valence-electron chi connectivity index (χ0n) is 11.1. The smallest absolute Gasteiger partial charge is 0.345 e. The zero-order valence-corrected chi connectivity index (χ0v) is 11.1. The molecule has 0 bridgehead atoms. The quantitative estimate of drug-likeness (QED) is 0.534. The highest BCUT2D eigenvalue weighted by atomic mass is 16.5. The summed E-state index contributed by atoms with van der Waals surface area (Å²) in [5.41, 5.74) is -0.591. The van der Waals surface area contributed by atoms with E-state index in [4.69, 9.17) is 14.2 Å². The van der Waals surface area contributed by atoms with Gasteiger partial charge in [-0.2, -0.15) is 0 Å². The summed E-state index contributed by atoms with van der Waals surface area (Å²) in [7, 11) is 1.59. The molecule has 0 unspecified atom stereocenters. The Morgan fingerprint density at radius 1 is 1.37 bits per heavy atom. The Morgan fingerprint density at radius 3 is 2.79 bits per heavy atom. The summed E-state index contributed by atoms with van der Waals surface area (Å²) < 4.78 is 14.8. The van der Waals surface area contributed by atoms with Crippen molar-refractivity contribution in [2.75, 3.05) is 33.5 Å². The van der Waals surface area contributed by atoms with E-state index in [2.05, 4.69) is 9.97 Å². The van der Waals surface area contributed by atoms with E-state index in [1.54, 1.807) is 14.0 Å². The second kappa shape index (κ2) is 8.39. The van der Waals surface area contributed by atoms with Crippen LogP contribution in [-0.4, -0.2) is 49.5 Å². The molecule has 1 aromatic rings. The number of methoxy groups -OCH3 is 1. The van der Waals surface area contributed by atoms with Gasteiger partial charge in [-0.15, -0.1) is 0 Å². The second-order valence-corrected chi connectivity index (χ2v) is 3.65. The molecule has 0 atom stereocenters. The number of aromatic nitrogens is 2. The van der Waals surface area contributed by atoms with Crippen LogP contribution in [0.2, 0.25) is 0 Å². The second-order valence-electron chi connectivity index (χ2n) is 3.65. The van der Waals surface area contributed by atoms with Crippen molar-refractivity contribution in [3.05, 3.63) is 27.9 Å². The molecule has 0 amide bonds. The summed E-state index contributed by atoms with van der Waals surface area (Å²) in [5.74, 6) is -0.199. The molecule has 0 fully saturated rings. The third-order valence-electron chi connectivity index (χ3n) is 2.26. The fourth-order valence-corrected chi connectivity index (χ4v) is 1.33. The number of hydrogen-bond donors (Lipinski definition) is 1. The monoisotopic (exact) mass is 270 g/mol. The molecule has 7 nitrogen and oxygen atoms in total. The molecular formula is C12H18N2O5. The highest BCUT2D eigenvalue weighted by Crippen LogP contribution is 1.95. The number of carbonyl (C=O) groups is 1. The molecule has 19 heavy (non-hydrogen) atoms. The van der Waals surface area contributed by atoms with Gasteiger partial charge in [0.05, 0.1) is 26.4 Å². The Morgan fingerprint density at radius 2 is 2.16 bits per heavy atom. The van der Waals surface area contributed by atoms with Crippen LogP contribution in [-0.2, 0) is 20.6 Å². The van der Waals surface area contributed by atoms with Gasteiger partial charge in [0.1, 0.15) is 11.4 Å². The first-order valence-corrected chi connectivity index (χ1v) is 6.01. The third-order valence-corrected chi connectivity index (χ3v) is 2.26. The van der Waals surface area contributed by atoms with Gasteiger partial charge < -0.3 is 19.2 Å². The number of esters is 1. The van der Waals surface area contributed by atoms with Crippen molar-refractivity contribution in [3.63, 3.8) is 0 Å². The molecule has 0 aliphatic rings. The van der Waals surface area contributed by atoms with Gasteiger partial charge in [0.15, 0.2) is 0 Å². The molecule has 1 N–H and O–H groups in total. The summed E-state index contributed by atoms with van der Waals surface area (Å²) in [4.78, 5) is 29.5. The minimum absolute atomic E-state index is 0.0918. The molecule has 0 aliphatic carbocycles. The fourth-order valence-electron chi connectivity index (χ4n) is 1.33. The topological polar surface area (TPSA) is 90.5 Å². The number of ether oxygens (including phenoxy) is 3. The van der Waals surface area contributed by atoms with Crippen LogP contribution in [0.1, 0.15) is 23.1 Å². The standard InChI is InChI=1S/C12H18N2O5/c1-3-19-12(16)9-8-13-10(14-11(9)15)4-5-18-7-6-17-2/h8H,3-7H2,1-2H3,(H,13,14,15). The Hall–Kier alpha value is -1.73. The molecular weight excluding hydrogens is 252 g/mol. The maximum absolute atomic E-state index is 11.6. The summed E-state index contributed by atoms with van der Waals surface area (Å²) in [5, 5.41) is 0. The van der Waals surface area contributed by atoms with Crippen LogP contribution in [0, 0.1) is 0 Å². The van der Waals surface area contributed by atoms with E-state index in [1.807, 2.05) is 0 Å². The van der Waals surface area contributed by atoms with E-state index < -0.39 is 11.5 Å². The summed E-state index contributed by atoms with van der Waals surface area (Å²) in [6.07, 6.45) is 1.68. The number of nitrogens with zero attached hydrogens (tertiary/aromatic N) is 1. The Balaban J connectivity index is 2.52. The lowest BCUT2D eigenvalue weighted by Gasteiger charge is -2.04. The molecule has 1 aromatic heterocycles. The molecule has 0 aromatic carbocycles. The van der Waals surface area contributed by atoms with Gasteiger partial charge in [0.25, 0.3) is 5.56 Å². The van der Waals surface area contributed by atoms with Crippen molar-refractivity contribution in [2.24, 2.45) is 0 Å². The number of nitrogens with one attached hydrogen (secondary N) is 1. The van der Waals surface area contributed by atoms with Gasteiger partial charge in [0, 0.05) is 19.7 Å². The predicted molar refractivity (Wildman–Crippen MR) is 67.2 cm³/mol.